The van der Waals surface area contributed by atoms with Gasteiger partial charge in [0.2, 0.25) is 11.8 Å². The molecule has 0 aliphatic carbocycles. The minimum absolute atomic E-state index is 0.00310. The van der Waals surface area contributed by atoms with E-state index in [1.165, 1.54) is 4.40 Å². The van der Waals surface area contributed by atoms with Crippen LogP contribution in [-0.4, -0.2) is 53.0 Å². The maximum atomic E-state index is 13.5. The highest BCUT2D eigenvalue weighted by Gasteiger charge is 2.22. The fourth-order valence-corrected chi connectivity index (χ4v) is 7.50. The van der Waals surface area contributed by atoms with Crippen molar-refractivity contribution in [1.29, 1.82) is 0 Å². The average Bonchev–Trinajstić information content (AvgIpc) is 3.76. The van der Waals surface area contributed by atoms with E-state index in [9.17, 15) is 23.2 Å². The Morgan fingerprint density at radius 2 is 1.34 bits per heavy atom. The molecule has 274 valence electrons. The van der Waals surface area contributed by atoms with Crippen LogP contribution in [0.25, 0.3) is 39.0 Å². The quantitative estimate of drug-likeness (QED) is 0.110. The summed E-state index contributed by atoms with van der Waals surface area (Å²) in [6.45, 7) is -1.36. The van der Waals surface area contributed by atoms with E-state index in [0.717, 1.165) is 18.4 Å². The third kappa shape index (κ3) is 8.21. The Morgan fingerprint density at radius 3 is 1.91 bits per heavy atom. The van der Waals surface area contributed by atoms with Gasteiger partial charge >= 0.3 is 6.61 Å². The number of carbonyl (C=O) groups excluding carboxylic acids is 2. The maximum Gasteiger partial charge on any atom is 0.387 e. The molecule has 10 nitrogen and oxygen atoms in total. The lowest BCUT2D eigenvalue weighted by Gasteiger charge is -2.17. The summed E-state index contributed by atoms with van der Waals surface area (Å²) < 4.78 is 33.4. The number of amides is 2. The Hall–Kier alpha value is -4.88. The summed E-state index contributed by atoms with van der Waals surface area (Å²) in [7, 11) is 0. The summed E-state index contributed by atoms with van der Waals surface area (Å²) in [5.41, 5.74) is 5.22. The lowest BCUT2D eigenvalue weighted by Crippen LogP contribution is -2.36. The van der Waals surface area contributed by atoms with Crippen LogP contribution in [0.15, 0.2) is 83.9 Å². The first-order chi connectivity index (χ1) is 25.6. The molecule has 2 aliphatic heterocycles. The molecule has 2 atom stereocenters. The van der Waals surface area contributed by atoms with E-state index in [0.29, 0.717) is 87.1 Å². The summed E-state index contributed by atoms with van der Waals surface area (Å²) in [5.74, 6) is 0.0704. The van der Waals surface area contributed by atoms with Gasteiger partial charge in [0.15, 0.2) is 0 Å². The molecule has 0 saturated carbocycles. The van der Waals surface area contributed by atoms with E-state index in [1.807, 2.05) is 30.3 Å². The summed E-state index contributed by atoms with van der Waals surface area (Å²) >= 11 is 14.1. The number of aromatic nitrogens is 2. The molecule has 0 unspecified atom stereocenters. The van der Waals surface area contributed by atoms with Gasteiger partial charge in [0.1, 0.15) is 11.4 Å². The maximum absolute atomic E-state index is 13.5. The summed E-state index contributed by atoms with van der Waals surface area (Å²) in [6, 6.07) is 19.8. The Kier molecular flexibility index (Phi) is 11.0. The largest absolute Gasteiger partial charge is 0.434 e. The SMILES string of the molecule is O=C1CC[C@@H](CNCc2ccc(-c3cccc(-c4cccc(-c5ccn6c(=O)c(CNC[C@@H]7CCC(=O)N7)cnc6c5)c4Cl)c3Cl)cc2OC(F)F)N1. The lowest BCUT2D eigenvalue weighted by atomic mass is 9.95. The van der Waals surface area contributed by atoms with Crippen LogP contribution in [0.2, 0.25) is 10.0 Å². The van der Waals surface area contributed by atoms with E-state index in [1.54, 1.807) is 48.8 Å². The van der Waals surface area contributed by atoms with Crippen molar-refractivity contribution in [1.82, 2.24) is 30.7 Å². The van der Waals surface area contributed by atoms with Crippen molar-refractivity contribution in [3.8, 4) is 39.1 Å². The van der Waals surface area contributed by atoms with Crippen LogP contribution in [0.5, 0.6) is 5.75 Å². The number of hydrogen-bond donors (Lipinski definition) is 4. The van der Waals surface area contributed by atoms with Crippen LogP contribution in [0.1, 0.15) is 36.8 Å². The molecule has 4 heterocycles. The molecule has 4 N–H and O–H groups in total. The number of alkyl halides is 2. The highest BCUT2D eigenvalue weighted by molar-refractivity contribution is 6.39. The molecule has 2 aliphatic rings. The van der Waals surface area contributed by atoms with Gasteiger partial charge in [-0.25, -0.2) is 4.98 Å². The summed E-state index contributed by atoms with van der Waals surface area (Å²) in [5, 5.41) is 13.1. The van der Waals surface area contributed by atoms with E-state index >= 15 is 0 Å². The first-order valence-electron chi connectivity index (χ1n) is 17.3. The van der Waals surface area contributed by atoms with Crippen molar-refractivity contribution >= 4 is 40.7 Å². The Labute approximate surface area is 313 Å². The topological polar surface area (TPSA) is 126 Å². The molecule has 14 heteroatoms. The number of fused-ring (bicyclic) bond motifs is 1. The molecule has 0 spiro atoms. The highest BCUT2D eigenvalue weighted by atomic mass is 35.5. The number of carbonyl (C=O) groups is 2. The van der Waals surface area contributed by atoms with Crippen LogP contribution < -0.4 is 31.6 Å². The normalized spacial score (nSPS) is 17.1. The molecule has 2 amide bonds. The third-order valence-electron chi connectivity index (χ3n) is 9.56. The van der Waals surface area contributed by atoms with Crippen LogP contribution in [-0.2, 0) is 22.7 Å². The number of halogens is 4. The second kappa shape index (κ2) is 16.0. The third-order valence-corrected chi connectivity index (χ3v) is 10.4. The van der Waals surface area contributed by atoms with Crippen LogP contribution in [0.4, 0.5) is 8.78 Å². The van der Waals surface area contributed by atoms with Crippen LogP contribution in [0.3, 0.4) is 0 Å². The number of nitrogens with zero attached hydrogens (tertiary/aromatic N) is 2. The standard InChI is InChI=1S/C39H36Cl2F2N6O4/c40-36-28(22-7-8-24(32(15-22)53-39(42)43)17-44-20-26-9-11-34(50)47-26)3-1-5-30(36)31-6-2-4-29(37(31)41)23-13-14-49-33(16-23)46-19-25(38(49)52)18-45-21-27-10-12-35(51)48-27/h1-8,13-16,19,26-27,39,44-45H,9-12,17-18,20-21H2,(H,47,50)(H,48,51)/t26-,27-/m0/s1. The van der Waals surface area contributed by atoms with Crippen molar-refractivity contribution < 1.29 is 23.1 Å². The minimum Gasteiger partial charge on any atom is -0.434 e. The van der Waals surface area contributed by atoms with Crippen molar-refractivity contribution in [2.24, 2.45) is 0 Å². The van der Waals surface area contributed by atoms with E-state index in [4.69, 9.17) is 27.9 Å². The monoisotopic (exact) mass is 760 g/mol. The highest BCUT2D eigenvalue weighted by Crippen LogP contribution is 2.43. The molecule has 5 aromatic rings. The molecule has 2 aromatic heterocycles. The van der Waals surface area contributed by atoms with Crippen molar-refractivity contribution in [2.45, 2.75) is 57.5 Å². The van der Waals surface area contributed by atoms with E-state index < -0.39 is 6.61 Å². The Morgan fingerprint density at radius 1 is 0.774 bits per heavy atom. The second-order valence-electron chi connectivity index (χ2n) is 13.1. The van der Waals surface area contributed by atoms with E-state index in [-0.39, 0.29) is 41.8 Å². The van der Waals surface area contributed by atoms with Crippen LogP contribution in [0, 0.1) is 0 Å². The van der Waals surface area contributed by atoms with E-state index in [2.05, 4.69) is 26.3 Å². The van der Waals surface area contributed by atoms with Gasteiger partial charge in [0, 0.05) is 96.9 Å². The molecular weight excluding hydrogens is 725 g/mol. The minimum atomic E-state index is -3.03. The number of ether oxygens (including phenoxy) is 1. The number of hydrogen-bond acceptors (Lipinski definition) is 7. The number of pyridine rings is 1. The predicted octanol–water partition coefficient (Wildman–Crippen LogP) is 6.34. The van der Waals surface area contributed by atoms with Gasteiger partial charge in [-0.1, -0.05) is 71.7 Å². The fourth-order valence-electron chi connectivity index (χ4n) is 6.82. The Balaban J connectivity index is 1.12. The van der Waals surface area contributed by atoms with Gasteiger partial charge in [-0.3, -0.25) is 18.8 Å². The molecule has 53 heavy (non-hydrogen) atoms. The zero-order valence-corrected chi connectivity index (χ0v) is 29.9. The predicted molar refractivity (Wildman–Crippen MR) is 200 cm³/mol. The second-order valence-corrected chi connectivity index (χ2v) is 13.9. The van der Waals surface area contributed by atoms with Crippen LogP contribution >= 0.6 is 23.2 Å². The zero-order chi connectivity index (χ0) is 37.1. The van der Waals surface area contributed by atoms with Gasteiger partial charge in [0.25, 0.3) is 5.56 Å². The van der Waals surface area contributed by atoms with Gasteiger partial charge in [-0.2, -0.15) is 8.78 Å². The van der Waals surface area contributed by atoms with Gasteiger partial charge in [-0.15, -0.1) is 0 Å². The fraction of sp³-hybridized carbons (Fsp3) is 0.282. The summed E-state index contributed by atoms with van der Waals surface area (Å²) in [4.78, 5) is 40.8. The molecule has 2 saturated heterocycles. The Bertz CT molecular complexity index is 2250. The lowest BCUT2D eigenvalue weighted by molar-refractivity contribution is -0.120. The van der Waals surface area contributed by atoms with Gasteiger partial charge in [0.05, 0.1) is 10.0 Å². The zero-order valence-electron chi connectivity index (χ0n) is 28.4. The number of benzene rings is 3. The van der Waals surface area contributed by atoms with Crippen molar-refractivity contribution in [3.63, 3.8) is 0 Å². The first kappa shape index (κ1) is 36.5. The van der Waals surface area contributed by atoms with Gasteiger partial charge in [-0.05, 0) is 42.2 Å². The molecule has 3 aromatic carbocycles. The summed E-state index contributed by atoms with van der Waals surface area (Å²) in [6.07, 6.45) is 5.71. The average molecular weight is 762 g/mol. The molecule has 0 bridgehead atoms. The molecule has 2 fully saturated rings. The van der Waals surface area contributed by atoms with Crippen molar-refractivity contribution in [3.05, 3.63) is 111 Å². The first-order valence-corrected chi connectivity index (χ1v) is 18.1. The van der Waals surface area contributed by atoms with Crippen molar-refractivity contribution in [2.75, 3.05) is 13.1 Å². The smallest absolute Gasteiger partial charge is 0.387 e. The molecular formula is C39H36Cl2F2N6O4. The number of rotatable bonds is 13. The number of nitrogens with one attached hydrogen (secondary N) is 4. The van der Waals surface area contributed by atoms with Gasteiger partial charge < -0.3 is 26.0 Å². The molecule has 7 rings (SSSR count). The molecule has 0 radical (unpaired) electrons.